The molecule has 1 saturated carbocycles. The van der Waals surface area contributed by atoms with Gasteiger partial charge in [-0.3, -0.25) is 4.99 Å². The largest absolute Gasteiger partial charge is 0.493 e. The number of halogens is 1. The number of benzene rings is 1. The van der Waals surface area contributed by atoms with E-state index in [9.17, 15) is 0 Å². The van der Waals surface area contributed by atoms with Gasteiger partial charge in [-0.15, -0.1) is 24.0 Å². The Bertz CT molecular complexity index is 576. The summed E-state index contributed by atoms with van der Waals surface area (Å²) in [5.41, 5.74) is 1.19. The topological polar surface area (TPSA) is 64.1 Å². The maximum absolute atomic E-state index is 6.01. The number of nitrogens with zero attached hydrogens (tertiary/aromatic N) is 1. The lowest BCUT2D eigenvalue weighted by molar-refractivity contribution is 0.0468. The first kappa shape index (κ1) is 24.8. The Morgan fingerprint density at radius 1 is 1.00 bits per heavy atom. The van der Waals surface area contributed by atoms with Crippen LogP contribution in [0.1, 0.15) is 44.1 Å². The number of hydrogen-bond acceptors (Lipinski definition) is 4. The molecule has 0 spiro atoms. The highest BCUT2D eigenvalue weighted by Gasteiger charge is 2.12. The zero-order valence-electron chi connectivity index (χ0n) is 17.5. The van der Waals surface area contributed by atoms with Crippen molar-refractivity contribution in [3.05, 3.63) is 23.8 Å². The van der Waals surface area contributed by atoms with Crippen molar-refractivity contribution >= 4 is 29.9 Å². The highest BCUT2D eigenvalue weighted by molar-refractivity contribution is 14.0. The molecule has 0 amide bonds. The van der Waals surface area contributed by atoms with Gasteiger partial charge in [0.05, 0.1) is 26.9 Å². The monoisotopic (exact) mass is 505 g/mol. The quantitative estimate of drug-likeness (QED) is 0.176. The second-order valence-electron chi connectivity index (χ2n) is 6.85. The van der Waals surface area contributed by atoms with E-state index in [2.05, 4.69) is 21.7 Å². The molecule has 1 aliphatic rings. The summed E-state index contributed by atoms with van der Waals surface area (Å²) in [6.45, 7) is 2.28. The molecular formula is C21H36IN3O3. The van der Waals surface area contributed by atoms with Crippen molar-refractivity contribution in [1.82, 2.24) is 10.6 Å². The second kappa shape index (κ2) is 14.7. The number of ether oxygens (including phenoxy) is 3. The SMILES string of the molecule is CN=C(NCCOC1CCCCCC1)NCCc1ccc(OC)c(OC)c1.I. The summed E-state index contributed by atoms with van der Waals surface area (Å²) in [7, 11) is 5.09. The minimum atomic E-state index is 0. The molecule has 0 unspecified atom stereocenters. The molecule has 7 heteroatoms. The average Bonchev–Trinajstić information content (AvgIpc) is 2.98. The van der Waals surface area contributed by atoms with Crippen molar-refractivity contribution in [1.29, 1.82) is 0 Å². The Hall–Kier alpha value is -1.22. The van der Waals surface area contributed by atoms with E-state index in [1.165, 1.54) is 44.1 Å². The average molecular weight is 505 g/mol. The minimum absolute atomic E-state index is 0. The molecule has 28 heavy (non-hydrogen) atoms. The van der Waals surface area contributed by atoms with Gasteiger partial charge in [-0.25, -0.2) is 0 Å². The molecule has 1 aromatic carbocycles. The second-order valence-corrected chi connectivity index (χ2v) is 6.85. The van der Waals surface area contributed by atoms with E-state index in [0.717, 1.165) is 43.6 Å². The van der Waals surface area contributed by atoms with Gasteiger partial charge in [-0.05, 0) is 37.0 Å². The number of methoxy groups -OCH3 is 2. The number of rotatable bonds is 9. The predicted molar refractivity (Wildman–Crippen MR) is 125 cm³/mol. The maximum Gasteiger partial charge on any atom is 0.191 e. The standard InChI is InChI=1S/C21H35N3O3.HI/c1-22-21(24-14-15-27-18-8-6-4-5-7-9-18)23-13-12-17-10-11-19(25-2)20(16-17)26-3;/h10-11,16,18H,4-9,12-15H2,1-3H3,(H2,22,23,24);1H. The molecule has 1 aliphatic carbocycles. The van der Waals surface area contributed by atoms with Gasteiger partial charge in [0.1, 0.15) is 0 Å². The van der Waals surface area contributed by atoms with Crippen molar-refractivity contribution in [3.8, 4) is 11.5 Å². The van der Waals surface area contributed by atoms with Crippen molar-refractivity contribution in [2.75, 3.05) is 41.0 Å². The first-order valence-corrected chi connectivity index (χ1v) is 10.0. The first-order chi connectivity index (χ1) is 13.3. The summed E-state index contributed by atoms with van der Waals surface area (Å²) < 4.78 is 16.6. The van der Waals surface area contributed by atoms with Crippen LogP contribution in [-0.2, 0) is 11.2 Å². The van der Waals surface area contributed by atoms with Gasteiger partial charge >= 0.3 is 0 Å². The Kier molecular flexibility index (Phi) is 13.1. The summed E-state index contributed by atoms with van der Waals surface area (Å²) in [6.07, 6.45) is 9.04. The Labute approximate surface area is 186 Å². The summed E-state index contributed by atoms with van der Waals surface area (Å²) >= 11 is 0. The summed E-state index contributed by atoms with van der Waals surface area (Å²) in [5, 5.41) is 6.66. The van der Waals surface area contributed by atoms with E-state index in [4.69, 9.17) is 14.2 Å². The molecule has 1 aromatic rings. The van der Waals surface area contributed by atoms with Gasteiger partial charge < -0.3 is 24.8 Å². The van der Waals surface area contributed by atoms with Crippen LogP contribution in [0, 0.1) is 0 Å². The maximum atomic E-state index is 6.01. The molecular weight excluding hydrogens is 469 g/mol. The molecule has 0 heterocycles. The lowest BCUT2D eigenvalue weighted by Crippen LogP contribution is -2.40. The van der Waals surface area contributed by atoms with E-state index < -0.39 is 0 Å². The molecule has 1 fully saturated rings. The van der Waals surface area contributed by atoms with Gasteiger partial charge in [-0.1, -0.05) is 31.7 Å². The van der Waals surface area contributed by atoms with Crippen LogP contribution in [0.2, 0.25) is 0 Å². The van der Waals surface area contributed by atoms with Crippen LogP contribution in [0.4, 0.5) is 0 Å². The molecule has 0 atom stereocenters. The highest BCUT2D eigenvalue weighted by atomic mass is 127. The van der Waals surface area contributed by atoms with E-state index in [0.29, 0.717) is 6.10 Å². The van der Waals surface area contributed by atoms with Gasteiger partial charge in [-0.2, -0.15) is 0 Å². The third-order valence-electron chi connectivity index (χ3n) is 4.93. The van der Waals surface area contributed by atoms with E-state index in [1.54, 1.807) is 21.3 Å². The third-order valence-corrected chi connectivity index (χ3v) is 4.93. The third kappa shape index (κ3) is 8.86. The minimum Gasteiger partial charge on any atom is -0.493 e. The fourth-order valence-electron chi connectivity index (χ4n) is 3.39. The van der Waals surface area contributed by atoms with Crippen molar-refractivity contribution in [3.63, 3.8) is 0 Å². The van der Waals surface area contributed by atoms with Gasteiger partial charge in [0.15, 0.2) is 17.5 Å². The predicted octanol–water partition coefficient (Wildman–Crippen LogP) is 3.77. The zero-order valence-corrected chi connectivity index (χ0v) is 19.8. The number of hydrogen-bond donors (Lipinski definition) is 2. The van der Waals surface area contributed by atoms with Crippen LogP contribution in [0.3, 0.4) is 0 Å². The lowest BCUT2D eigenvalue weighted by Gasteiger charge is -2.17. The van der Waals surface area contributed by atoms with Crippen molar-refractivity contribution in [2.24, 2.45) is 4.99 Å². The van der Waals surface area contributed by atoms with Crippen LogP contribution >= 0.6 is 24.0 Å². The smallest absolute Gasteiger partial charge is 0.191 e. The fourth-order valence-corrected chi connectivity index (χ4v) is 3.39. The van der Waals surface area contributed by atoms with Gasteiger partial charge in [0.2, 0.25) is 0 Å². The molecule has 6 nitrogen and oxygen atoms in total. The van der Waals surface area contributed by atoms with E-state index >= 15 is 0 Å². The van der Waals surface area contributed by atoms with Crippen LogP contribution in [0.5, 0.6) is 11.5 Å². The Morgan fingerprint density at radius 2 is 1.68 bits per heavy atom. The first-order valence-electron chi connectivity index (χ1n) is 10.0. The molecule has 0 radical (unpaired) electrons. The van der Waals surface area contributed by atoms with Crippen LogP contribution in [0.15, 0.2) is 23.2 Å². The summed E-state index contributed by atoms with van der Waals surface area (Å²) in [5.74, 6) is 2.31. The Balaban J connectivity index is 0.00000392. The lowest BCUT2D eigenvalue weighted by atomic mass is 10.1. The van der Waals surface area contributed by atoms with Crippen molar-refractivity contribution in [2.45, 2.75) is 51.0 Å². The number of guanidine groups is 1. The number of aliphatic imine (C=N–C) groups is 1. The molecule has 160 valence electrons. The molecule has 2 rings (SSSR count). The molecule has 2 N–H and O–H groups in total. The molecule has 0 aromatic heterocycles. The zero-order chi connectivity index (χ0) is 19.3. The normalized spacial score (nSPS) is 15.3. The van der Waals surface area contributed by atoms with Crippen LogP contribution in [0.25, 0.3) is 0 Å². The molecule has 0 saturated heterocycles. The van der Waals surface area contributed by atoms with Gasteiger partial charge in [0, 0.05) is 20.1 Å². The fraction of sp³-hybridized carbons (Fsp3) is 0.667. The van der Waals surface area contributed by atoms with Crippen LogP contribution < -0.4 is 20.1 Å². The number of nitrogens with one attached hydrogen (secondary N) is 2. The molecule has 0 bridgehead atoms. The Morgan fingerprint density at radius 3 is 2.32 bits per heavy atom. The summed E-state index contributed by atoms with van der Waals surface area (Å²) in [6, 6.07) is 6.00. The molecule has 0 aliphatic heterocycles. The van der Waals surface area contributed by atoms with Crippen LogP contribution in [-0.4, -0.2) is 53.0 Å². The van der Waals surface area contributed by atoms with E-state index in [1.807, 2.05) is 12.1 Å². The summed E-state index contributed by atoms with van der Waals surface area (Å²) in [4.78, 5) is 4.27. The van der Waals surface area contributed by atoms with Gasteiger partial charge in [0.25, 0.3) is 0 Å². The highest BCUT2D eigenvalue weighted by Crippen LogP contribution is 2.27. The van der Waals surface area contributed by atoms with Crippen molar-refractivity contribution < 1.29 is 14.2 Å². The van der Waals surface area contributed by atoms with E-state index in [-0.39, 0.29) is 24.0 Å².